The Morgan fingerprint density at radius 1 is 1.17 bits per heavy atom. The van der Waals surface area contributed by atoms with Crippen LogP contribution in [0.5, 0.6) is 5.75 Å². The molecular formula is C21H33N3O6. The maximum atomic E-state index is 13.0. The molecule has 168 valence electrons. The number of hydrogen-bond donors (Lipinski definition) is 4. The van der Waals surface area contributed by atoms with Gasteiger partial charge >= 0.3 is 6.09 Å². The molecule has 1 aromatic rings. The van der Waals surface area contributed by atoms with E-state index >= 15 is 0 Å². The summed E-state index contributed by atoms with van der Waals surface area (Å²) in [4.78, 5) is 39.1. The first-order valence-corrected chi connectivity index (χ1v) is 9.73. The number of ether oxygens (including phenoxy) is 1. The zero-order valence-electron chi connectivity index (χ0n) is 18.6. The minimum atomic E-state index is -1.29. The van der Waals surface area contributed by atoms with Crippen LogP contribution in [0.2, 0.25) is 0 Å². The molecule has 9 nitrogen and oxygen atoms in total. The summed E-state index contributed by atoms with van der Waals surface area (Å²) in [6.45, 7) is 9.61. The van der Waals surface area contributed by atoms with E-state index in [1.807, 2.05) is 0 Å². The zero-order valence-corrected chi connectivity index (χ0v) is 18.6. The van der Waals surface area contributed by atoms with Crippen LogP contribution in [0.3, 0.4) is 0 Å². The number of phenolic OH excluding ortho intramolecular Hbond substituents is 1. The van der Waals surface area contributed by atoms with Gasteiger partial charge in [0, 0.05) is 13.1 Å². The van der Waals surface area contributed by atoms with E-state index in [1.54, 1.807) is 53.7 Å². The average molecular weight is 424 g/mol. The van der Waals surface area contributed by atoms with Crippen molar-refractivity contribution in [1.82, 2.24) is 15.5 Å². The second kappa shape index (κ2) is 10.3. The summed E-state index contributed by atoms with van der Waals surface area (Å²) in [6.07, 6.45) is -0.855. The number of aryl methyl sites for hydroxylation is 1. The Bertz CT molecular complexity index is 772. The number of aliphatic hydroxyl groups is 1. The highest BCUT2D eigenvalue weighted by atomic mass is 16.6. The zero-order chi connectivity index (χ0) is 23.2. The van der Waals surface area contributed by atoms with Crippen LogP contribution < -0.4 is 10.6 Å². The number of alkyl carbamates (subject to hydrolysis) is 1. The molecule has 2 atom stereocenters. The summed E-state index contributed by atoms with van der Waals surface area (Å²) in [5, 5.41) is 24.6. The molecule has 0 radical (unpaired) electrons. The molecular weight excluding hydrogens is 390 g/mol. The van der Waals surface area contributed by atoms with Gasteiger partial charge in [-0.1, -0.05) is 6.07 Å². The van der Waals surface area contributed by atoms with Gasteiger partial charge in [0.2, 0.25) is 11.8 Å². The fraction of sp³-hybridized carbons (Fsp3) is 0.571. The Morgan fingerprint density at radius 3 is 2.23 bits per heavy atom. The largest absolute Gasteiger partial charge is 0.508 e. The van der Waals surface area contributed by atoms with Crippen molar-refractivity contribution < 1.29 is 29.3 Å². The number of amides is 3. The van der Waals surface area contributed by atoms with E-state index in [9.17, 15) is 24.6 Å². The minimum absolute atomic E-state index is 0.0653. The predicted octanol–water partition coefficient (Wildman–Crippen LogP) is 1.61. The lowest BCUT2D eigenvalue weighted by molar-refractivity contribution is -0.141. The maximum Gasteiger partial charge on any atom is 0.408 e. The number of aromatic hydroxyl groups is 1. The first kappa shape index (κ1) is 25.2. The van der Waals surface area contributed by atoms with Crippen molar-refractivity contribution in [1.29, 1.82) is 0 Å². The SMILES string of the molecule is Cc1cc(C(C(=O)NC(C)C)N(C)C(=O)C(CO)NC(=O)OC(C)(C)C)ccc1O. The normalized spacial score (nSPS) is 13.4. The van der Waals surface area contributed by atoms with Crippen molar-refractivity contribution in [2.24, 2.45) is 0 Å². The fourth-order valence-corrected chi connectivity index (χ4v) is 2.77. The topological polar surface area (TPSA) is 128 Å². The van der Waals surface area contributed by atoms with Gasteiger partial charge in [-0.05, 0) is 64.8 Å². The van der Waals surface area contributed by atoms with Crippen molar-refractivity contribution in [2.45, 2.75) is 65.3 Å². The van der Waals surface area contributed by atoms with Crippen LogP contribution in [-0.2, 0) is 14.3 Å². The number of carbonyl (C=O) groups excluding carboxylic acids is 3. The fourth-order valence-electron chi connectivity index (χ4n) is 2.77. The third-order valence-electron chi connectivity index (χ3n) is 4.12. The second-order valence-electron chi connectivity index (χ2n) is 8.44. The van der Waals surface area contributed by atoms with Crippen LogP contribution in [0.4, 0.5) is 4.79 Å². The quantitative estimate of drug-likeness (QED) is 0.527. The smallest absolute Gasteiger partial charge is 0.408 e. The van der Waals surface area contributed by atoms with Crippen molar-refractivity contribution >= 4 is 17.9 Å². The second-order valence-corrected chi connectivity index (χ2v) is 8.44. The van der Waals surface area contributed by atoms with Gasteiger partial charge in [0.05, 0.1) is 6.61 Å². The lowest BCUT2D eigenvalue weighted by atomic mass is 10.0. The lowest BCUT2D eigenvalue weighted by Gasteiger charge is -2.31. The maximum absolute atomic E-state index is 13.0. The van der Waals surface area contributed by atoms with E-state index in [-0.39, 0.29) is 11.8 Å². The Labute approximate surface area is 177 Å². The van der Waals surface area contributed by atoms with Crippen molar-refractivity contribution in [2.75, 3.05) is 13.7 Å². The molecule has 0 spiro atoms. The molecule has 0 fully saturated rings. The lowest BCUT2D eigenvalue weighted by Crippen LogP contribution is -2.53. The molecule has 0 heterocycles. The standard InChI is InChI=1S/C21H33N3O6/c1-12(2)22-18(27)17(14-8-9-16(26)13(3)10-14)24(7)19(28)15(11-25)23-20(29)30-21(4,5)6/h8-10,12,15,17,25-26H,11H2,1-7H3,(H,22,27)(H,23,29). The molecule has 0 bridgehead atoms. The van der Waals surface area contributed by atoms with Gasteiger partial charge in [-0.25, -0.2) is 4.79 Å². The number of rotatable bonds is 7. The Hall–Kier alpha value is -2.81. The predicted molar refractivity (Wildman–Crippen MR) is 112 cm³/mol. The Morgan fingerprint density at radius 2 is 1.77 bits per heavy atom. The molecule has 0 aromatic heterocycles. The van der Waals surface area contributed by atoms with Crippen LogP contribution in [0.25, 0.3) is 0 Å². The van der Waals surface area contributed by atoms with E-state index in [1.165, 1.54) is 13.1 Å². The van der Waals surface area contributed by atoms with Gasteiger partial charge in [-0.15, -0.1) is 0 Å². The first-order chi connectivity index (χ1) is 13.8. The van der Waals surface area contributed by atoms with Gasteiger partial charge in [-0.3, -0.25) is 9.59 Å². The highest BCUT2D eigenvalue weighted by molar-refractivity contribution is 5.92. The monoisotopic (exact) mass is 423 g/mol. The third kappa shape index (κ3) is 7.22. The number of phenols is 1. The molecule has 2 unspecified atom stereocenters. The summed E-state index contributed by atoms with van der Waals surface area (Å²) in [5.41, 5.74) is 0.247. The van der Waals surface area contributed by atoms with Crippen LogP contribution in [-0.4, -0.2) is 64.4 Å². The molecule has 0 aliphatic rings. The molecule has 3 amide bonds. The molecule has 1 rings (SSSR count). The summed E-state index contributed by atoms with van der Waals surface area (Å²) in [5.74, 6) is -1.03. The van der Waals surface area contributed by atoms with Crippen molar-refractivity contribution in [3.63, 3.8) is 0 Å². The number of hydrogen-bond acceptors (Lipinski definition) is 6. The molecule has 0 aliphatic carbocycles. The average Bonchev–Trinajstić information content (AvgIpc) is 2.60. The summed E-state index contributed by atoms with van der Waals surface area (Å²) >= 11 is 0. The van der Waals surface area contributed by atoms with Gasteiger partial charge in [0.15, 0.2) is 0 Å². The van der Waals surface area contributed by atoms with Crippen molar-refractivity contribution in [3.05, 3.63) is 29.3 Å². The third-order valence-corrected chi connectivity index (χ3v) is 4.12. The number of likely N-dealkylation sites (N-methyl/N-ethyl adjacent to an activating group) is 1. The summed E-state index contributed by atoms with van der Waals surface area (Å²) in [7, 11) is 1.41. The van der Waals surface area contributed by atoms with E-state index in [4.69, 9.17) is 4.74 Å². The van der Waals surface area contributed by atoms with Crippen LogP contribution >= 0.6 is 0 Å². The van der Waals surface area contributed by atoms with E-state index in [2.05, 4.69) is 10.6 Å². The molecule has 9 heteroatoms. The van der Waals surface area contributed by atoms with Crippen LogP contribution in [0.1, 0.15) is 51.8 Å². The highest BCUT2D eigenvalue weighted by Crippen LogP contribution is 2.26. The number of nitrogens with one attached hydrogen (secondary N) is 2. The molecule has 30 heavy (non-hydrogen) atoms. The first-order valence-electron chi connectivity index (χ1n) is 9.73. The van der Waals surface area contributed by atoms with Crippen LogP contribution in [0, 0.1) is 6.92 Å². The number of carbonyl (C=O) groups is 3. The molecule has 1 aromatic carbocycles. The molecule has 4 N–H and O–H groups in total. The Balaban J connectivity index is 3.18. The highest BCUT2D eigenvalue weighted by Gasteiger charge is 2.34. The summed E-state index contributed by atoms with van der Waals surface area (Å²) in [6, 6.07) is 2.10. The van der Waals surface area contributed by atoms with Gasteiger partial charge in [0.25, 0.3) is 0 Å². The number of aliphatic hydroxyl groups excluding tert-OH is 1. The van der Waals surface area contributed by atoms with E-state index in [0.717, 1.165) is 4.90 Å². The van der Waals surface area contributed by atoms with Crippen molar-refractivity contribution in [3.8, 4) is 5.75 Å². The van der Waals surface area contributed by atoms with E-state index in [0.29, 0.717) is 11.1 Å². The number of benzene rings is 1. The minimum Gasteiger partial charge on any atom is -0.508 e. The van der Waals surface area contributed by atoms with Gasteiger partial charge in [0.1, 0.15) is 23.4 Å². The van der Waals surface area contributed by atoms with Crippen LogP contribution in [0.15, 0.2) is 18.2 Å². The summed E-state index contributed by atoms with van der Waals surface area (Å²) < 4.78 is 5.14. The Kier molecular flexibility index (Phi) is 8.65. The van der Waals surface area contributed by atoms with Gasteiger partial charge in [-0.2, -0.15) is 0 Å². The molecule has 0 saturated carbocycles. The van der Waals surface area contributed by atoms with E-state index < -0.39 is 42.2 Å². The number of nitrogens with zero attached hydrogens (tertiary/aromatic N) is 1. The molecule has 0 aliphatic heterocycles. The molecule has 0 saturated heterocycles. The van der Waals surface area contributed by atoms with Gasteiger partial charge < -0.3 is 30.5 Å².